The molecule has 1 saturated carbocycles. The van der Waals surface area contributed by atoms with E-state index in [1.54, 1.807) is 0 Å². The molecule has 4 aromatic rings. The Labute approximate surface area is 238 Å². The number of aryl methyl sites for hydroxylation is 1. The first-order valence-corrected chi connectivity index (χ1v) is 15.7. The molecular weight excluding hydrogens is 518 g/mol. The lowest BCUT2D eigenvalue weighted by Gasteiger charge is -2.42. The van der Waals surface area contributed by atoms with Crippen molar-refractivity contribution < 1.29 is 4.55 Å². The number of rotatable bonds is 4. The van der Waals surface area contributed by atoms with Crippen LogP contribution in [0.5, 0.6) is 0 Å². The average Bonchev–Trinajstić information content (AvgIpc) is 3.51. The van der Waals surface area contributed by atoms with Crippen LogP contribution in [0.4, 0.5) is 11.5 Å². The number of benzene rings is 1. The van der Waals surface area contributed by atoms with Crippen molar-refractivity contribution in [3.63, 3.8) is 0 Å². The molecule has 1 aliphatic heterocycles. The SMILES string of the molecule is CC(C)(C)[S@@+]([O-])NC1c2ccccc2C[C@]12CC[C@H](c1cnc3c(N4CCCc5ncccc54)n[nH]c3n1)CC2. The molecule has 0 saturated heterocycles. The number of anilines is 2. The molecule has 8 nitrogen and oxygen atoms in total. The molecule has 208 valence electrons. The van der Waals surface area contributed by atoms with Crippen LogP contribution in [-0.4, -0.2) is 41.0 Å². The number of fused-ring (bicyclic) bond motifs is 3. The molecule has 0 amide bonds. The second kappa shape index (κ2) is 9.82. The second-order valence-corrected chi connectivity index (χ2v) is 14.7. The lowest BCUT2D eigenvalue weighted by molar-refractivity contribution is 0.139. The van der Waals surface area contributed by atoms with Gasteiger partial charge in [-0.3, -0.25) is 10.1 Å². The van der Waals surface area contributed by atoms with Gasteiger partial charge in [-0.2, -0.15) is 5.10 Å². The summed E-state index contributed by atoms with van der Waals surface area (Å²) in [5.74, 6) is 1.18. The average molecular weight is 556 g/mol. The smallest absolute Gasteiger partial charge is 0.183 e. The Kier molecular flexibility index (Phi) is 6.36. The quantitative estimate of drug-likeness (QED) is 0.305. The van der Waals surface area contributed by atoms with E-state index in [1.165, 1.54) is 11.1 Å². The number of aromatic nitrogens is 5. The summed E-state index contributed by atoms with van der Waals surface area (Å²) in [4.78, 5) is 16.7. The van der Waals surface area contributed by atoms with Gasteiger partial charge in [0.25, 0.3) is 0 Å². The molecule has 4 heterocycles. The van der Waals surface area contributed by atoms with Crippen LogP contribution in [0.25, 0.3) is 11.2 Å². The fourth-order valence-corrected chi connectivity index (χ4v) is 7.96. The number of hydrogen-bond acceptors (Lipinski definition) is 7. The summed E-state index contributed by atoms with van der Waals surface area (Å²) in [5, 5.41) is 7.82. The Morgan fingerprint density at radius 2 is 1.93 bits per heavy atom. The highest BCUT2D eigenvalue weighted by Crippen LogP contribution is 2.56. The van der Waals surface area contributed by atoms with Gasteiger partial charge < -0.3 is 9.45 Å². The number of H-pyrrole nitrogens is 1. The van der Waals surface area contributed by atoms with Crippen molar-refractivity contribution in [1.29, 1.82) is 0 Å². The van der Waals surface area contributed by atoms with Crippen molar-refractivity contribution in [2.75, 3.05) is 11.4 Å². The van der Waals surface area contributed by atoms with E-state index in [9.17, 15) is 4.55 Å². The van der Waals surface area contributed by atoms with Gasteiger partial charge in [0.2, 0.25) is 0 Å². The molecule has 1 fully saturated rings. The largest absolute Gasteiger partial charge is 0.598 e. The maximum absolute atomic E-state index is 13.2. The fourth-order valence-electron chi connectivity index (χ4n) is 7.02. The fraction of sp³-hybridized carbons (Fsp3) is 0.484. The van der Waals surface area contributed by atoms with Crippen LogP contribution >= 0.6 is 0 Å². The standard InChI is InChI=1S/C31H37N7OS/c1-30(2,3)40(39)37-27-22-9-5-4-8-21(22)18-31(27)14-12-20(13-15-31)24-19-33-26-28(34-24)35-36-29(26)38-17-7-10-23-25(38)11-6-16-32-23/h4-6,8-9,11,16,19-20,27,37H,7,10,12-15,17-18H2,1-3H3,(H,34,35,36)/t20-,27?,31+,40-/m1/s1. The van der Waals surface area contributed by atoms with Gasteiger partial charge >= 0.3 is 0 Å². The Morgan fingerprint density at radius 3 is 2.75 bits per heavy atom. The van der Waals surface area contributed by atoms with Crippen LogP contribution in [0.3, 0.4) is 0 Å². The van der Waals surface area contributed by atoms with E-state index in [-0.39, 0.29) is 16.2 Å². The summed E-state index contributed by atoms with van der Waals surface area (Å²) in [6.45, 7) is 7.01. The maximum Gasteiger partial charge on any atom is 0.183 e. The van der Waals surface area contributed by atoms with E-state index in [1.807, 2.05) is 39.2 Å². The first-order chi connectivity index (χ1) is 19.3. The Morgan fingerprint density at radius 1 is 1.10 bits per heavy atom. The maximum atomic E-state index is 13.2. The van der Waals surface area contributed by atoms with Gasteiger partial charge in [-0.25, -0.2) is 9.97 Å². The number of nitrogens with zero attached hydrogens (tertiary/aromatic N) is 5. The first-order valence-electron chi connectivity index (χ1n) is 14.5. The molecule has 0 radical (unpaired) electrons. The van der Waals surface area contributed by atoms with Crippen molar-refractivity contribution in [1.82, 2.24) is 29.9 Å². The number of pyridine rings is 1. The summed E-state index contributed by atoms with van der Waals surface area (Å²) in [5.41, 5.74) is 7.61. The van der Waals surface area contributed by atoms with E-state index in [0.717, 1.165) is 85.5 Å². The Bertz CT molecular complexity index is 1540. The van der Waals surface area contributed by atoms with E-state index >= 15 is 0 Å². The molecular formula is C31H37N7OS. The highest BCUT2D eigenvalue weighted by molar-refractivity contribution is 7.90. The van der Waals surface area contributed by atoms with E-state index < -0.39 is 11.4 Å². The van der Waals surface area contributed by atoms with Crippen molar-refractivity contribution >= 4 is 34.0 Å². The second-order valence-electron chi connectivity index (χ2n) is 12.7. The molecule has 1 aromatic carbocycles. The van der Waals surface area contributed by atoms with Gasteiger partial charge in [-0.1, -0.05) is 24.3 Å². The van der Waals surface area contributed by atoms with Gasteiger partial charge in [-0.15, -0.1) is 4.72 Å². The van der Waals surface area contributed by atoms with Crippen molar-refractivity contribution in [2.24, 2.45) is 5.41 Å². The van der Waals surface area contributed by atoms with Gasteiger partial charge in [0.05, 0.1) is 23.1 Å². The summed E-state index contributed by atoms with van der Waals surface area (Å²) in [6, 6.07) is 12.9. The molecule has 9 heteroatoms. The van der Waals surface area contributed by atoms with Crippen molar-refractivity contribution in [3.8, 4) is 0 Å². The number of aromatic amines is 1. The zero-order chi connectivity index (χ0) is 27.5. The van der Waals surface area contributed by atoms with Crippen LogP contribution in [-0.2, 0) is 24.2 Å². The molecule has 0 bridgehead atoms. The van der Waals surface area contributed by atoms with Crippen LogP contribution in [0.15, 0.2) is 48.8 Å². The van der Waals surface area contributed by atoms with Crippen LogP contribution in [0.2, 0.25) is 0 Å². The predicted octanol–water partition coefficient (Wildman–Crippen LogP) is 5.83. The van der Waals surface area contributed by atoms with Crippen molar-refractivity contribution in [3.05, 3.63) is 71.3 Å². The third-order valence-electron chi connectivity index (χ3n) is 9.18. The zero-order valence-electron chi connectivity index (χ0n) is 23.5. The van der Waals surface area contributed by atoms with Gasteiger partial charge in [0.15, 0.2) is 17.0 Å². The predicted molar refractivity (Wildman–Crippen MR) is 159 cm³/mol. The molecule has 2 aliphatic carbocycles. The summed E-state index contributed by atoms with van der Waals surface area (Å²) in [6.07, 6.45) is 11.1. The normalized spacial score (nSPS) is 25.2. The van der Waals surface area contributed by atoms with E-state index in [4.69, 9.17) is 9.97 Å². The van der Waals surface area contributed by atoms with Crippen LogP contribution in [0, 0.1) is 5.41 Å². The van der Waals surface area contributed by atoms with Crippen molar-refractivity contribution in [2.45, 2.75) is 82.4 Å². The molecule has 1 unspecified atom stereocenters. The Balaban J connectivity index is 1.12. The molecule has 7 rings (SSSR count). The number of hydrogen-bond donors (Lipinski definition) is 2. The topological polar surface area (TPSA) is 106 Å². The van der Waals surface area contributed by atoms with Gasteiger partial charge in [0.1, 0.15) is 4.75 Å². The monoisotopic (exact) mass is 555 g/mol. The van der Waals surface area contributed by atoms with Crippen LogP contribution < -0.4 is 9.62 Å². The lowest BCUT2D eigenvalue weighted by atomic mass is 9.66. The third kappa shape index (κ3) is 4.39. The van der Waals surface area contributed by atoms with Crippen LogP contribution in [0.1, 0.15) is 87.3 Å². The highest BCUT2D eigenvalue weighted by atomic mass is 32.2. The minimum Gasteiger partial charge on any atom is -0.598 e. The van der Waals surface area contributed by atoms with E-state index in [0.29, 0.717) is 5.92 Å². The molecule has 40 heavy (non-hydrogen) atoms. The summed E-state index contributed by atoms with van der Waals surface area (Å²) >= 11 is -1.13. The molecule has 3 aliphatic rings. The first kappa shape index (κ1) is 25.9. The summed E-state index contributed by atoms with van der Waals surface area (Å²) in [7, 11) is 0. The number of nitrogens with one attached hydrogen (secondary N) is 2. The highest BCUT2D eigenvalue weighted by Gasteiger charge is 2.50. The summed E-state index contributed by atoms with van der Waals surface area (Å²) < 4.78 is 16.5. The zero-order valence-corrected chi connectivity index (χ0v) is 24.3. The molecule has 3 aromatic heterocycles. The minimum absolute atomic E-state index is 0.0788. The third-order valence-corrected chi connectivity index (χ3v) is 10.7. The molecule has 1 spiro atoms. The van der Waals surface area contributed by atoms with Gasteiger partial charge in [-0.05, 0) is 94.4 Å². The van der Waals surface area contributed by atoms with E-state index in [2.05, 4.69) is 55.1 Å². The Hall–Kier alpha value is -3.01. The lowest BCUT2D eigenvalue weighted by Crippen LogP contribution is -2.46. The minimum atomic E-state index is -1.13. The molecule has 2 N–H and O–H groups in total. The molecule has 2 atom stereocenters. The van der Waals surface area contributed by atoms with Gasteiger partial charge in [0, 0.05) is 36.2 Å².